The van der Waals surface area contributed by atoms with Gasteiger partial charge in [0.15, 0.2) is 0 Å². The van der Waals surface area contributed by atoms with Crippen molar-refractivity contribution < 1.29 is 9.53 Å². The highest BCUT2D eigenvalue weighted by atomic mass is 32.1. The Labute approximate surface area is 212 Å². The molecule has 1 fully saturated rings. The van der Waals surface area contributed by atoms with Gasteiger partial charge in [-0.3, -0.25) is 4.79 Å². The van der Waals surface area contributed by atoms with E-state index in [0.717, 1.165) is 62.1 Å². The molecule has 0 spiro atoms. The molecule has 1 N–H and O–H groups in total. The molecule has 186 valence electrons. The minimum atomic E-state index is -0.377. The third-order valence-electron chi connectivity index (χ3n) is 7.80. The Kier molecular flexibility index (Phi) is 7.12. The molecule has 6 rings (SSSR count). The molecule has 3 aliphatic carbocycles. The summed E-state index contributed by atoms with van der Waals surface area (Å²) in [7, 11) is 2.19. The number of fused-ring (bicyclic) bond motifs is 3. The van der Waals surface area contributed by atoms with Crippen molar-refractivity contribution in [3.8, 4) is 0 Å². The molecule has 2 bridgehead atoms. The second-order valence-electron chi connectivity index (χ2n) is 10.7. The average Bonchev–Trinajstić information content (AvgIpc) is 3.53. The smallest absolute Gasteiger partial charge is 0.308 e. The van der Waals surface area contributed by atoms with E-state index in [2.05, 4.69) is 52.7 Å². The molecule has 1 saturated carbocycles. The van der Waals surface area contributed by atoms with Crippen LogP contribution in [0.2, 0.25) is 0 Å². The van der Waals surface area contributed by atoms with Crippen LogP contribution in [0, 0.1) is 17.8 Å². The van der Waals surface area contributed by atoms with E-state index >= 15 is 0 Å². The van der Waals surface area contributed by atoms with E-state index in [9.17, 15) is 4.79 Å². The number of rotatable bonds is 10. The van der Waals surface area contributed by atoms with Crippen molar-refractivity contribution in [1.82, 2.24) is 14.9 Å². The summed E-state index contributed by atoms with van der Waals surface area (Å²) in [6.07, 6.45) is 8.57. The van der Waals surface area contributed by atoms with Gasteiger partial charge < -0.3 is 14.6 Å². The quantitative estimate of drug-likeness (QED) is 0.337. The number of nitrogens with zero attached hydrogens (tertiary/aromatic N) is 2. The normalized spacial score (nSPS) is 23.9. The molecular weight excluding hydrogens is 454 g/mol. The highest BCUT2D eigenvalue weighted by Gasteiger charge is 2.50. The van der Waals surface area contributed by atoms with Crippen LogP contribution in [0.15, 0.2) is 47.9 Å². The number of nitrogens with one attached hydrogen (secondary N) is 1. The summed E-state index contributed by atoms with van der Waals surface area (Å²) in [5.41, 5.74) is 3.24. The molecule has 35 heavy (non-hydrogen) atoms. The summed E-state index contributed by atoms with van der Waals surface area (Å²) in [6.45, 7) is 5.80. The number of allylic oxidation sites excluding steroid dienone is 1. The van der Waals surface area contributed by atoms with Gasteiger partial charge in [0.2, 0.25) is 0 Å². The largest absolute Gasteiger partial charge is 0.458 e. The van der Waals surface area contributed by atoms with E-state index in [1.165, 1.54) is 16.9 Å². The van der Waals surface area contributed by atoms with Crippen molar-refractivity contribution in [3.05, 3.63) is 58.6 Å². The van der Waals surface area contributed by atoms with Crippen LogP contribution in [-0.4, -0.2) is 46.6 Å². The monoisotopic (exact) mass is 491 g/mol. The molecule has 1 aromatic carbocycles. The predicted octanol–water partition coefficient (Wildman–Crippen LogP) is 6.33. The number of carbonyl (C=O) groups excluding carboxylic acids is 1. The first-order valence-electron chi connectivity index (χ1n) is 13.0. The zero-order valence-corrected chi connectivity index (χ0v) is 21.9. The van der Waals surface area contributed by atoms with Crippen LogP contribution in [0.3, 0.4) is 0 Å². The number of para-hydroxylation sites is 2. The van der Waals surface area contributed by atoms with E-state index in [0.29, 0.717) is 11.8 Å². The van der Waals surface area contributed by atoms with Crippen LogP contribution in [0.5, 0.6) is 0 Å². The second-order valence-corrected chi connectivity index (χ2v) is 11.6. The van der Waals surface area contributed by atoms with Gasteiger partial charge in [0.25, 0.3) is 0 Å². The number of aromatic nitrogens is 2. The number of hydrogen-bond donors (Lipinski definition) is 1. The van der Waals surface area contributed by atoms with Crippen molar-refractivity contribution in [1.29, 1.82) is 0 Å². The third kappa shape index (κ3) is 5.24. The van der Waals surface area contributed by atoms with E-state index in [1.54, 1.807) is 0 Å². The second kappa shape index (κ2) is 10.3. The number of ether oxygens (including phenoxy) is 1. The lowest BCUT2D eigenvalue weighted by molar-refractivity contribution is -0.176. The van der Waals surface area contributed by atoms with Crippen LogP contribution in [0.1, 0.15) is 56.7 Å². The lowest BCUT2D eigenvalue weighted by Gasteiger charge is -2.50. The Hall–Kier alpha value is -2.44. The summed E-state index contributed by atoms with van der Waals surface area (Å²) in [5, 5.41) is 2.16. The van der Waals surface area contributed by atoms with Gasteiger partial charge in [0.1, 0.15) is 11.4 Å². The Morgan fingerprint density at radius 2 is 2.09 bits per heavy atom. The van der Waals surface area contributed by atoms with E-state index in [1.807, 2.05) is 37.3 Å². The summed E-state index contributed by atoms with van der Waals surface area (Å²) in [5.74, 6) is 1.68. The van der Waals surface area contributed by atoms with Crippen LogP contribution < -0.4 is 0 Å². The minimum absolute atomic E-state index is 0.0591. The van der Waals surface area contributed by atoms with Gasteiger partial charge in [0, 0.05) is 30.2 Å². The van der Waals surface area contributed by atoms with Crippen LogP contribution in [-0.2, 0) is 16.0 Å². The van der Waals surface area contributed by atoms with E-state index in [4.69, 9.17) is 9.72 Å². The van der Waals surface area contributed by atoms with Crippen LogP contribution in [0.25, 0.3) is 16.6 Å². The maximum Gasteiger partial charge on any atom is 0.308 e. The third-order valence-corrected chi connectivity index (χ3v) is 8.72. The number of H-pyrrole nitrogens is 1. The molecule has 0 aliphatic heterocycles. The Bertz CT molecular complexity index is 1150. The summed E-state index contributed by atoms with van der Waals surface area (Å²) < 4.78 is 6.38. The van der Waals surface area contributed by atoms with Gasteiger partial charge in [-0.15, -0.1) is 11.3 Å². The summed E-state index contributed by atoms with van der Waals surface area (Å²) >= 11 is 1.82. The maximum absolute atomic E-state index is 12.8. The molecule has 6 heteroatoms. The molecule has 3 aromatic rings. The molecule has 2 heterocycles. The zero-order valence-electron chi connectivity index (χ0n) is 21.1. The average molecular weight is 492 g/mol. The maximum atomic E-state index is 12.8. The van der Waals surface area contributed by atoms with Gasteiger partial charge in [-0.1, -0.05) is 38.1 Å². The Morgan fingerprint density at radius 1 is 1.23 bits per heavy atom. The van der Waals surface area contributed by atoms with Gasteiger partial charge in [-0.25, -0.2) is 4.98 Å². The fraction of sp³-hybridized carbons (Fsp3) is 0.517. The molecule has 3 aliphatic rings. The molecule has 3 atom stereocenters. The summed E-state index contributed by atoms with van der Waals surface area (Å²) in [4.78, 5) is 24.7. The Balaban J connectivity index is 1.22. The van der Waals surface area contributed by atoms with Crippen LogP contribution in [0.4, 0.5) is 0 Å². The number of imidazole rings is 1. The predicted molar refractivity (Wildman–Crippen MR) is 143 cm³/mol. The first-order chi connectivity index (χ1) is 16.9. The zero-order chi connectivity index (χ0) is 24.4. The lowest BCUT2D eigenvalue weighted by atomic mass is 9.61. The number of aromatic amines is 1. The molecule has 5 nitrogen and oxygen atoms in total. The van der Waals surface area contributed by atoms with Gasteiger partial charge in [-0.05, 0) is 74.3 Å². The van der Waals surface area contributed by atoms with Crippen molar-refractivity contribution in [3.63, 3.8) is 0 Å². The molecule has 0 saturated heterocycles. The molecule has 0 radical (unpaired) electrons. The number of hydrogen-bond acceptors (Lipinski definition) is 5. The molecular formula is C29H37N3O2S. The van der Waals surface area contributed by atoms with Gasteiger partial charge >= 0.3 is 5.97 Å². The molecule has 2 aromatic heterocycles. The fourth-order valence-electron chi connectivity index (χ4n) is 5.80. The first-order valence-corrected chi connectivity index (χ1v) is 13.9. The number of thiophene rings is 1. The number of benzene rings is 1. The minimum Gasteiger partial charge on any atom is -0.458 e. The van der Waals surface area contributed by atoms with Crippen molar-refractivity contribution in [2.24, 2.45) is 17.8 Å². The van der Waals surface area contributed by atoms with Gasteiger partial charge in [-0.2, -0.15) is 0 Å². The van der Waals surface area contributed by atoms with Crippen LogP contribution >= 0.6 is 11.3 Å². The lowest BCUT2D eigenvalue weighted by Crippen LogP contribution is -2.51. The molecule has 0 amide bonds. The number of carbonyl (C=O) groups is 1. The highest BCUT2D eigenvalue weighted by molar-refractivity contribution is 7.11. The van der Waals surface area contributed by atoms with Crippen molar-refractivity contribution in [2.45, 2.75) is 58.0 Å². The molecule has 0 unspecified atom stereocenters. The fourth-order valence-corrected chi connectivity index (χ4v) is 6.63. The van der Waals surface area contributed by atoms with E-state index in [-0.39, 0.29) is 17.5 Å². The standard InChI is InChI=1S/C29H37N3O2S/c1-20(2)28(33)34-29(19-21-12-13-22(29)18-23(21)26-10-7-17-35-26)14-16-32(3)15-6-11-27-30-24-8-4-5-9-25(24)31-27/h4-5,7-10,17-18,20-22H,6,11-16,19H2,1-3H3,(H,30,31)/t21-,22-,29+/m1/s1. The van der Waals surface area contributed by atoms with Crippen molar-refractivity contribution >= 4 is 33.9 Å². The topological polar surface area (TPSA) is 58.2 Å². The Morgan fingerprint density at radius 3 is 2.80 bits per heavy atom. The highest BCUT2D eigenvalue weighted by Crippen LogP contribution is 2.53. The first kappa shape index (κ1) is 24.3. The SMILES string of the molecule is CC(C)C(=O)O[C@@]1(CCN(C)CCCc2nc3ccccc3[nH]2)C[C@H]2CC[C@@H]1C=C2c1cccs1. The van der Waals surface area contributed by atoms with Crippen molar-refractivity contribution in [2.75, 3.05) is 20.1 Å². The number of aryl methyl sites for hydroxylation is 1. The summed E-state index contributed by atoms with van der Waals surface area (Å²) in [6, 6.07) is 12.6. The number of esters is 1. The van der Waals surface area contributed by atoms with Gasteiger partial charge in [0.05, 0.1) is 17.0 Å². The van der Waals surface area contributed by atoms with E-state index < -0.39 is 0 Å².